The van der Waals surface area contributed by atoms with Gasteiger partial charge in [-0.25, -0.2) is 4.98 Å². The Balaban J connectivity index is 0.000000806. The van der Waals surface area contributed by atoms with E-state index in [-0.39, 0.29) is 13.1 Å². The van der Waals surface area contributed by atoms with Crippen molar-refractivity contribution in [2.24, 2.45) is 9.98 Å². The van der Waals surface area contributed by atoms with Crippen molar-refractivity contribution in [1.82, 2.24) is 15.6 Å². The predicted molar refractivity (Wildman–Crippen MR) is 124 cm³/mol. The fourth-order valence-electron chi connectivity index (χ4n) is 4.59. The molecule has 2 aliphatic carbocycles. The number of halogens is 3. The van der Waals surface area contributed by atoms with Gasteiger partial charge in [-0.2, -0.15) is 0 Å². The van der Waals surface area contributed by atoms with Crippen LogP contribution in [-0.4, -0.2) is 54.7 Å². The molecular formula is C21H30Cl3MnN5. The molecule has 4 atom stereocenters. The van der Waals surface area contributed by atoms with Crippen LogP contribution in [0.3, 0.4) is 0 Å². The summed E-state index contributed by atoms with van der Waals surface area (Å²) in [5.74, 6) is 0. The molecule has 0 spiro atoms. The summed E-state index contributed by atoms with van der Waals surface area (Å²) in [5.41, 5.74) is 1.64. The molecule has 0 amide bonds. The first kappa shape index (κ1) is 24.4. The molecule has 0 radical (unpaired) electrons. The number of fused-ring (bicyclic) bond motifs is 4. The molecule has 2 saturated carbocycles. The fourth-order valence-corrected chi connectivity index (χ4v) is 4.81. The number of nitrogens with one attached hydrogen (secondary N) is 2. The Morgan fingerprint density at radius 2 is 1.20 bits per heavy atom. The molecule has 0 saturated heterocycles. The Morgan fingerprint density at radius 3 is 1.67 bits per heavy atom. The van der Waals surface area contributed by atoms with Crippen LogP contribution in [-0.2, 0) is 13.1 Å². The van der Waals surface area contributed by atoms with Crippen molar-refractivity contribution in [3.8, 4) is 0 Å². The Labute approximate surface area is 199 Å². The number of rotatable bonds is 0. The second kappa shape index (κ2) is 13.4. The standard InChI is InChI=1S/C21H30ClN5.2ClH.Mn/c22-15-11-16-13-25-20-7-3-1-5-18(20)23-9-10-24-19-6-2-4-8-21(19)26-14-17(12-15)27-16;;;/h11-14,18-21,23-24H,1-10H2;2*1H;/q;;;+2/p-2/t18-,19?,20-,21?;;;/m1.../s1. The molecule has 30 heavy (non-hydrogen) atoms. The Hall–Kier alpha value is -0.201. The van der Waals surface area contributed by atoms with Crippen LogP contribution in [0.1, 0.15) is 62.8 Å². The number of hydrogen-bond donors (Lipinski definition) is 2. The van der Waals surface area contributed by atoms with Gasteiger partial charge in [0.25, 0.3) is 0 Å². The average Bonchev–Trinajstić information content (AvgIpc) is 2.75. The van der Waals surface area contributed by atoms with E-state index in [0.717, 1.165) is 37.3 Å². The van der Waals surface area contributed by atoms with E-state index in [1.165, 1.54) is 38.5 Å². The van der Waals surface area contributed by atoms with Crippen LogP contribution in [0.15, 0.2) is 22.1 Å². The quantitative estimate of drug-likeness (QED) is 0.492. The number of nitrogens with zero attached hydrogens (tertiary/aromatic N) is 3. The summed E-state index contributed by atoms with van der Waals surface area (Å²) in [6.45, 7) is 1.98. The van der Waals surface area contributed by atoms with Crippen molar-refractivity contribution in [3.05, 3.63) is 28.5 Å². The molecule has 2 fully saturated rings. The van der Waals surface area contributed by atoms with Gasteiger partial charge in [0.05, 0.1) is 23.5 Å². The van der Waals surface area contributed by atoms with Crippen LogP contribution in [0.25, 0.3) is 0 Å². The first-order valence-corrected chi connectivity index (χ1v) is 14.4. The molecule has 3 aliphatic rings. The first-order valence-electron chi connectivity index (χ1n) is 10.8. The van der Waals surface area contributed by atoms with Gasteiger partial charge in [0.15, 0.2) is 0 Å². The molecule has 4 rings (SSSR count). The van der Waals surface area contributed by atoms with Gasteiger partial charge in [-0.05, 0) is 37.8 Å². The molecule has 1 aliphatic heterocycles. The van der Waals surface area contributed by atoms with E-state index in [1.807, 2.05) is 24.6 Å². The second-order valence-corrected chi connectivity index (χ2v) is 10.5. The normalized spacial score (nSPS) is 29.4. The zero-order valence-corrected chi connectivity index (χ0v) is 20.5. The molecule has 2 N–H and O–H groups in total. The van der Waals surface area contributed by atoms with Crippen molar-refractivity contribution >= 4 is 44.2 Å². The van der Waals surface area contributed by atoms with Gasteiger partial charge >= 0.3 is 33.3 Å². The third-order valence-corrected chi connectivity index (χ3v) is 6.24. The minimum absolute atomic E-state index is 0.00694. The summed E-state index contributed by atoms with van der Waals surface area (Å²) in [5, 5.41) is 8.18. The Kier molecular flexibility index (Phi) is 10.9. The topological polar surface area (TPSA) is 61.7 Å². The van der Waals surface area contributed by atoms with E-state index in [9.17, 15) is 0 Å². The van der Waals surface area contributed by atoms with E-state index in [4.69, 9.17) is 46.8 Å². The van der Waals surface area contributed by atoms with Gasteiger partial charge < -0.3 is 10.6 Å². The van der Waals surface area contributed by atoms with Gasteiger partial charge in [-0.1, -0.05) is 37.3 Å². The van der Waals surface area contributed by atoms with Crippen LogP contribution in [0, 0.1) is 0 Å². The Morgan fingerprint density at radius 1 is 0.767 bits per heavy atom. The van der Waals surface area contributed by atoms with Crippen molar-refractivity contribution in [2.75, 3.05) is 13.1 Å². The maximum absolute atomic E-state index is 6.33. The number of aliphatic imine (C=N–C) groups is 2. The summed E-state index contributed by atoms with van der Waals surface area (Å²) in [4.78, 5) is 14.4. The van der Waals surface area contributed by atoms with E-state index >= 15 is 0 Å². The molecular weight excluding hydrogens is 484 g/mol. The SMILES string of the molecule is Clc1cc2nc(c1)C=N[C@@H]1CCCC[C@H]1NCCNC1CCCCC1N=C2.[Cl][Mn][Cl]. The molecule has 0 aromatic carbocycles. The van der Waals surface area contributed by atoms with Crippen LogP contribution in [0.5, 0.6) is 0 Å². The molecule has 5 nitrogen and oxygen atoms in total. The van der Waals surface area contributed by atoms with Crippen molar-refractivity contribution in [1.29, 1.82) is 0 Å². The molecule has 1 aromatic rings. The molecule has 2 bridgehead atoms. The van der Waals surface area contributed by atoms with Crippen LogP contribution in [0.2, 0.25) is 5.02 Å². The predicted octanol–water partition coefficient (Wildman–Crippen LogP) is 4.76. The van der Waals surface area contributed by atoms with Gasteiger partial charge in [-0.3, -0.25) is 9.98 Å². The number of aromatic nitrogens is 1. The molecule has 2 heterocycles. The zero-order chi connectivity index (χ0) is 21.2. The monoisotopic (exact) mass is 512 g/mol. The van der Waals surface area contributed by atoms with Crippen molar-refractivity contribution in [2.45, 2.75) is 75.5 Å². The first-order chi connectivity index (χ1) is 14.7. The average molecular weight is 514 g/mol. The van der Waals surface area contributed by atoms with Gasteiger partial charge in [0, 0.05) is 42.6 Å². The van der Waals surface area contributed by atoms with E-state index < -0.39 is 0 Å². The molecule has 9 heteroatoms. The zero-order valence-electron chi connectivity index (χ0n) is 17.0. The summed E-state index contributed by atoms with van der Waals surface area (Å²) >= 11 is 6.33. The summed E-state index contributed by atoms with van der Waals surface area (Å²) in [7, 11) is 9.59. The van der Waals surface area contributed by atoms with Crippen LogP contribution in [0.4, 0.5) is 0 Å². The number of hydrogen-bond acceptors (Lipinski definition) is 5. The molecule has 167 valence electrons. The maximum atomic E-state index is 6.33. The van der Waals surface area contributed by atoms with E-state index in [2.05, 4.69) is 10.6 Å². The fraction of sp³-hybridized carbons (Fsp3) is 0.667. The van der Waals surface area contributed by atoms with Crippen LogP contribution < -0.4 is 10.6 Å². The summed E-state index contributed by atoms with van der Waals surface area (Å²) in [6, 6.07) is 5.33. The third-order valence-electron chi connectivity index (χ3n) is 6.02. The summed E-state index contributed by atoms with van der Waals surface area (Å²) in [6.07, 6.45) is 13.6. The van der Waals surface area contributed by atoms with Gasteiger partial charge in [0.1, 0.15) is 0 Å². The summed E-state index contributed by atoms with van der Waals surface area (Å²) < 4.78 is 0. The molecule has 1 aromatic heterocycles. The molecule has 2 unspecified atom stereocenters. The second-order valence-electron chi connectivity index (χ2n) is 8.07. The number of pyridine rings is 1. The third kappa shape index (κ3) is 7.74. The van der Waals surface area contributed by atoms with Crippen molar-refractivity contribution in [3.63, 3.8) is 0 Å². The minimum atomic E-state index is 0.00694. The van der Waals surface area contributed by atoms with E-state index in [0.29, 0.717) is 29.2 Å². The van der Waals surface area contributed by atoms with Gasteiger partial charge in [-0.15, -0.1) is 0 Å². The van der Waals surface area contributed by atoms with Crippen molar-refractivity contribution < 1.29 is 13.1 Å². The van der Waals surface area contributed by atoms with Gasteiger partial charge in [0.2, 0.25) is 0 Å². The van der Waals surface area contributed by atoms with E-state index in [1.54, 1.807) is 0 Å². The Bertz CT molecular complexity index is 664. The van der Waals surface area contributed by atoms with Crippen LogP contribution >= 0.6 is 31.8 Å².